The summed E-state index contributed by atoms with van der Waals surface area (Å²) in [6.45, 7) is 4.28. The number of hydrogen-bond acceptors (Lipinski definition) is 2. The Hall–Kier alpha value is -2.90. The van der Waals surface area contributed by atoms with E-state index in [1.54, 1.807) is 6.08 Å². The van der Waals surface area contributed by atoms with Crippen molar-refractivity contribution in [2.24, 2.45) is 5.92 Å². The van der Waals surface area contributed by atoms with E-state index in [0.29, 0.717) is 24.3 Å². The molecule has 32 heavy (non-hydrogen) atoms. The van der Waals surface area contributed by atoms with E-state index in [9.17, 15) is 17.6 Å². The average molecular weight is 438 g/mol. The summed E-state index contributed by atoms with van der Waals surface area (Å²) >= 11 is 0. The van der Waals surface area contributed by atoms with Gasteiger partial charge in [0, 0.05) is 22.6 Å². The van der Waals surface area contributed by atoms with Gasteiger partial charge in [0.1, 0.15) is 0 Å². The molecule has 4 rings (SSSR count). The van der Waals surface area contributed by atoms with Crippen LogP contribution in [-0.2, 0) is 15.8 Å². The molecule has 1 fully saturated rings. The molecule has 2 nitrogen and oxygen atoms in total. The molecule has 1 aliphatic rings. The van der Waals surface area contributed by atoms with Gasteiger partial charge in [0.15, 0.2) is 29.6 Å². The van der Waals surface area contributed by atoms with Crippen molar-refractivity contribution >= 4 is 7.85 Å². The van der Waals surface area contributed by atoms with Crippen molar-refractivity contribution in [3.05, 3.63) is 95.6 Å². The van der Waals surface area contributed by atoms with Gasteiger partial charge in [-0.25, -0.2) is 17.6 Å². The second-order valence-electron chi connectivity index (χ2n) is 7.51. The highest BCUT2D eigenvalue weighted by molar-refractivity contribution is 6.08. The lowest BCUT2D eigenvalue weighted by Crippen LogP contribution is -2.26. The summed E-state index contributed by atoms with van der Waals surface area (Å²) in [5, 5.41) is 0. The summed E-state index contributed by atoms with van der Waals surface area (Å²) in [6.07, 6.45) is 0.577. The van der Waals surface area contributed by atoms with E-state index in [4.69, 9.17) is 17.3 Å². The van der Waals surface area contributed by atoms with Crippen molar-refractivity contribution in [3.63, 3.8) is 0 Å². The Labute approximate surface area is 184 Å². The molecule has 0 amide bonds. The largest absolute Gasteiger partial charge is 0.348 e. The van der Waals surface area contributed by atoms with Crippen LogP contribution in [0.15, 0.2) is 61.2 Å². The Kier molecular flexibility index (Phi) is 6.49. The molecule has 1 heterocycles. The molecule has 1 aliphatic heterocycles. The van der Waals surface area contributed by atoms with Gasteiger partial charge in [0.2, 0.25) is 0 Å². The molecule has 1 saturated heterocycles. The zero-order valence-electron chi connectivity index (χ0n) is 17.1. The maximum atomic E-state index is 14.8. The van der Waals surface area contributed by atoms with Gasteiger partial charge in [-0.15, -0.1) is 6.58 Å². The van der Waals surface area contributed by atoms with Crippen molar-refractivity contribution in [3.8, 4) is 22.3 Å². The van der Waals surface area contributed by atoms with Crippen LogP contribution in [0.2, 0.25) is 0 Å². The van der Waals surface area contributed by atoms with Crippen LogP contribution in [0.25, 0.3) is 22.3 Å². The molecule has 3 aromatic carbocycles. The topological polar surface area (TPSA) is 18.5 Å². The fourth-order valence-electron chi connectivity index (χ4n) is 3.60. The number of hydrogen-bond donors (Lipinski definition) is 0. The van der Waals surface area contributed by atoms with Crippen LogP contribution >= 0.6 is 0 Å². The Morgan fingerprint density at radius 3 is 1.84 bits per heavy atom. The summed E-state index contributed by atoms with van der Waals surface area (Å²) in [6, 6.07) is 11.8. The first kappa shape index (κ1) is 22.3. The van der Waals surface area contributed by atoms with Gasteiger partial charge in [-0.2, -0.15) is 0 Å². The highest BCUT2D eigenvalue weighted by Gasteiger charge is 2.27. The maximum absolute atomic E-state index is 14.8. The fourth-order valence-corrected chi connectivity index (χ4v) is 3.60. The summed E-state index contributed by atoms with van der Waals surface area (Å²) in [5.74, 6) is -4.10. The predicted octanol–water partition coefficient (Wildman–Crippen LogP) is 6.09. The van der Waals surface area contributed by atoms with Crippen LogP contribution in [0.4, 0.5) is 17.6 Å². The Bertz CT molecular complexity index is 1140. The van der Waals surface area contributed by atoms with Gasteiger partial charge in [-0.05, 0) is 16.7 Å². The van der Waals surface area contributed by atoms with Crippen molar-refractivity contribution in [2.75, 3.05) is 13.2 Å². The van der Waals surface area contributed by atoms with E-state index in [0.717, 1.165) is 0 Å². The van der Waals surface area contributed by atoms with Gasteiger partial charge in [0.05, 0.1) is 21.1 Å². The van der Waals surface area contributed by atoms with E-state index in [-0.39, 0.29) is 34.5 Å². The first-order valence-corrected chi connectivity index (χ1v) is 10.1. The predicted molar refractivity (Wildman–Crippen MR) is 115 cm³/mol. The highest BCUT2D eigenvalue weighted by atomic mass is 19.2. The lowest BCUT2D eigenvalue weighted by atomic mass is 9.93. The molecule has 0 saturated carbocycles. The monoisotopic (exact) mass is 438 g/mol. The van der Waals surface area contributed by atoms with Crippen molar-refractivity contribution in [2.45, 2.75) is 12.6 Å². The molecule has 2 radical (unpaired) electrons. The van der Waals surface area contributed by atoms with E-state index >= 15 is 0 Å². The molecular formula is C25H19BF4O2. The quantitative estimate of drug-likeness (QED) is 0.273. The molecule has 0 aliphatic carbocycles. The van der Waals surface area contributed by atoms with Gasteiger partial charge in [0.25, 0.3) is 0 Å². The summed E-state index contributed by atoms with van der Waals surface area (Å²) < 4.78 is 69.0. The van der Waals surface area contributed by atoms with Gasteiger partial charge in [-0.1, -0.05) is 60.9 Å². The lowest BCUT2D eigenvalue weighted by molar-refractivity contribution is -0.198. The van der Waals surface area contributed by atoms with Crippen LogP contribution in [0, 0.1) is 29.2 Å². The van der Waals surface area contributed by atoms with Crippen LogP contribution < -0.4 is 0 Å². The fraction of sp³-hybridized carbons (Fsp3) is 0.200. The molecule has 3 aromatic rings. The molecule has 0 spiro atoms. The second kappa shape index (κ2) is 9.31. The van der Waals surface area contributed by atoms with Crippen LogP contribution in [0.5, 0.6) is 0 Å². The SMILES string of the molecule is [B]Cc1ccc(-c2ccc(-c3ccc(C4OCC(C=C)CO4)c(F)c3F)cc2)c(F)c1F. The summed E-state index contributed by atoms with van der Waals surface area (Å²) in [4.78, 5) is 0. The van der Waals surface area contributed by atoms with E-state index < -0.39 is 29.6 Å². The lowest BCUT2D eigenvalue weighted by Gasteiger charge is -2.28. The number of rotatable bonds is 5. The van der Waals surface area contributed by atoms with Crippen LogP contribution in [0.1, 0.15) is 17.4 Å². The van der Waals surface area contributed by atoms with Crippen molar-refractivity contribution in [1.29, 1.82) is 0 Å². The molecule has 162 valence electrons. The van der Waals surface area contributed by atoms with Crippen LogP contribution in [0.3, 0.4) is 0 Å². The normalized spacial score (nSPS) is 18.5. The minimum Gasteiger partial charge on any atom is -0.348 e. The van der Waals surface area contributed by atoms with Gasteiger partial charge < -0.3 is 9.47 Å². The molecule has 0 atom stereocenters. The van der Waals surface area contributed by atoms with E-state index in [1.165, 1.54) is 48.5 Å². The van der Waals surface area contributed by atoms with Crippen molar-refractivity contribution < 1.29 is 27.0 Å². The minimum atomic E-state index is -1.06. The van der Waals surface area contributed by atoms with Crippen LogP contribution in [-0.4, -0.2) is 21.1 Å². The highest BCUT2D eigenvalue weighted by Crippen LogP contribution is 2.34. The Morgan fingerprint density at radius 2 is 1.31 bits per heavy atom. The third-order valence-electron chi connectivity index (χ3n) is 5.51. The average Bonchev–Trinajstić information content (AvgIpc) is 2.83. The number of benzene rings is 3. The molecule has 0 unspecified atom stereocenters. The molecular weight excluding hydrogens is 419 g/mol. The van der Waals surface area contributed by atoms with E-state index in [1.807, 2.05) is 0 Å². The standard InChI is InChI=1S/C25H19BF4O2/c1-2-14-12-31-25(32-13-14)20-10-9-19(23(29)24(20)30)16-5-3-15(4-6-16)18-8-7-17(11-26)21(27)22(18)28/h2-10,14,25H,1,11-13H2. The zero-order valence-corrected chi connectivity index (χ0v) is 17.1. The third kappa shape index (κ3) is 4.10. The molecule has 0 bridgehead atoms. The second-order valence-corrected chi connectivity index (χ2v) is 7.51. The van der Waals surface area contributed by atoms with Gasteiger partial charge in [-0.3, -0.25) is 0 Å². The smallest absolute Gasteiger partial charge is 0.186 e. The van der Waals surface area contributed by atoms with E-state index in [2.05, 4.69) is 6.58 Å². The van der Waals surface area contributed by atoms with Gasteiger partial charge >= 0.3 is 0 Å². The number of ether oxygens (including phenoxy) is 2. The summed E-state index contributed by atoms with van der Waals surface area (Å²) in [5.41, 5.74) is 0.912. The summed E-state index contributed by atoms with van der Waals surface area (Å²) in [7, 11) is 5.40. The Morgan fingerprint density at radius 1 is 0.781 bits per heavy atom. The first-order chi connectivity index (χ1) is 15.4. The molecule has 7 heteroatoms. The maximum Gasteiger partial charge on any atom is 0.186 e. The zero-order chi connectivity index (χ0) is 22.8. The minimum absolute atomic E-state index is 0.00164. The molecule has 0 aromatic heterocycles. The molecule has 0 N–H and O–H groups in total. The van der Waals surface area contributed by atoms with Crippen molar-refractivity contribution in [1.82, 2.24) is 0 Å². The number of halogens is 4. The Balaban J connectivity index is 1.60. The first-order valence-electron chi connectivity index (χ1n) is 10.1. The third-order valence-corrected chi connectivity index (χ3v) is 5.51.